The summed E-state index contributed by atoms with van der Waals surface area (Å²) in [6.07, 6.45) is 5.93. The normalized spacial score (nSPS) is 14.9. The van der Waals surface area contributed by atoms with Crippen LogP contribution >= 0.6 is 24.0 Å². The molecule has 1 saturated heterocycles. The van der Waals surface area contributed by atoms with Crippen LogP contribution < -0.4 is 15.5 Å². The first-order valence-corrected chi connectivity index (χ1v) is 11.3. The number of piperazine rings is 1. The maximum atomic E-state index is 4.68. The molecule has 0 spiro atoms. The average Bonchev–Trinajstić information content (AvgIpc) is 3.28. The van der Waals surface area contributed by atoms with Crippen LogP contribution in [0.15, 0.2) is 47.7 Å². The minimum absolute atomic E-state index is 0. The van der Waals surface area contributed by atoms with E-state index in [2.05, 4.69) is 68.6 Å². The van der Waals surface area contributed by atoms with Crippen LogP contribution in [-0.4, -0.2) is 73.0 Å². The summed E-state index contributed by atoms with van der Waals surface area (Å²) in [6, 6.07) is 10.8. The first-order chi connectivity index (χ1) is 14.7. The van der Waals surface area contributed by atoms with Crippen molar-refractivity contribution in [1.29, 1.82) is 0 Å². The Morgan fingerprint density at radius 2 is 1.90 bits per heavy atom. The topological polar surface area (TPSA) is 60.7 Å². The monoisotopic (exact) mass is 539 g/mol. The zero-order chi connectivity index (χ0) is 21.0. The molecule has 2 heterocycles. The van der Waals surface area contributed by atoms with E-state index in [0.717, 1.165) is 77.7 Å². The van der Waals surface area contributed by atoms with Crippen molar-refractivity contribution in [3.8, 4) is 0 Å². The molecule has 0 aliphatic carbocycles. The number of nitrogens with one attached hydrogen (secondary N) is 2. The largest absolute Gasteiger partial charge is 0.369 e. The summed E-state index contributed by atoms with van der Waals surface area (Å²) in [6.45, 7) is 13.4. The van der Waals surface area contributed by atoms with E-state index in [1.807, 2.05) is 23.1 Å². The Morgan fingerprint density at radius 1 is 1.06 bits per heavy atom. The summed E-state index contributed by atoms with van der Waals surface area (Å²) in [7, 11) is 0. The molecule has 8 heteroatoms. The smallest absolute Gasteiger partial charge is 0.191 e. The maximum Gasteiger partial charge on any atom is 0.191 e. The van der Waals surface area contributed by atoms with Crippen molar-refractivity contribution >= 4 is 35.6 Å². The minimum atomic E-state index is 0. The van der Waals surface area contributed by atoms with E-state index in [1.54, 1.807) is 0 Å². The molecule has 0 amide bonds. The van der Waals surface area contributed by atoms with Crippen LogP contribution in [0.1, 0.15) is 25.3 Å². The molecule has 172 valence electrons. The second-order valence-corrected chi connectivity index (χ2v) is 7.83. The third-order valence-electron chi connectivity index (χ3n) is 5.40. The summed E-state index contributed by atoms with van der Waals surface area (Å²) in [4.78, 5) is 9.75. The lowest BCUT2D eigenvalue weighted by Crippen LogP contribution is -2.47. The molecule has 2 aromatic rings. The number of hydrogen-bond acceptors (Lipinski definition) is 4. The third-order valence-corrected chi connectivity index (χ3v) is 5.40. The fourth-order valence-electron chi connectivity index (χ4n) is 3.76. The number of benzene rings is 1. The van der Waals surface area contributed by atoms with Gasteiger partial charge in [0.05, 0.1) is 0 Å². The van der Waals surface area contributed by atoms with Gasteiger partial charge in [0.25, 0.3) is 0 Å². The van der Waals surface area contributed by atoms with Gasteiger partial charge in [-0.3, -0.25) is 14.6 Å². The number of aromatic nitrogens is 2. The van der Waals surface area contributed by atoms with Crippen LogP contribution in [0.3, 0.4) is 0 Å². The molecule has 0 atom stereocenters. The van der Waals surface area contributed by atoms with Gasteiger partial charge in [0.15, 0.2) is 5.96 Å². The highest BCUT2D eigenvalue weighted by Gasteiger charge is 2.16. The molecule has 0 radical (unpaired) electrons. The van der Waals surface area contributed by atoms with Crippen molar-refractivity contribution in [2.24, 2.45) is 4.99 Å². The molecule has 7 nitrogen and oxygen atoms in total. The lowest BCUT2D eigenvalue weighted by molar-refractivity contribution is 0.255. The van der Waals surface area contributed by atoms with Crippen molar-refractivity contribution in [2.45, 2.75) is 33.2 Å². The number of guanidine groups is 1. The standard InChI is InChI=1S/C23H37N7.HI/c1-3-24-23(26-11-6-14-30-15-7-12-27-30)25-10-5-13-28-16-18-29(19-17-28)22-9-4-8-21(2)20-22;/h4,7-9,12,15,20H,3,5-6,10-11,13-14,16-19H2,1-2H3,(H2,24,25,26);1H. The Morgan fingerprint density at radius 3 is 2.61 bits per heavy atom. The average molecular weight is 540 g/mol. The van der Waals surface area contributed by atoms with Crippen molar-refractivity contribution in [3.05, 3.63) is 48.3 Å². The Hall–Kier alpha value is -1.81. The maximum absolute atomic E-state index is 4.68. The molecule has 0 unspecified atom stereocenters. The van der Waals surface area contributed by atoms with E-state index in [9.17, 15) is 0 Å². The van der Waals surface area contributed by atoms with Gasteiger partial charge in [-0.15, -0.1) is 24.0 Å². The van der Waals surface area contributed by atoms with Gasteiger partial charge in [0, 0.05) is 70.4 Å². The van der Waals surface area contributed by atoms with E-state index in [1.165, 1.54) is 11.3 Å². The van der Waals surface area contributed by atoms with Gasteiger partial charge in [-0.25, -0.2) is 0 Å². The van der Waals surface area contributed by atoms with Crippen LogP contribution in [0, 0.1) is 6.92 Å². The SMILES string of the molecule is CCNC(=NCCCn1cccn1)NCCCN1CCN(c2cccc(C)c2)CC1.I. The summed E-state index contributed by atoms with van der Waals surface area (Å²) in [5.74, 6) is 0.919. The van der Waals surface area contributed by atoms with Crippen molar-refractivity contribution < 1.29 is 0 Å². The second kappa shape index (κ2) is 14.3. The summed E-state index contributed by atoms with van der Waals surface area (Å²) < 4.78 is 1.95. The van der Waals surface area contributed by atoms with Crippen LogP contribution in [0.2, 0.25) is 0 Å². The van der Waals surface area contributed by atoms with E-state index >= 15 is 0 Å². The predicted molar refractivity (Wildman–Crippen MR) is 141 cm³/mol. The van der Waals surface area contributed by atoms with Crippen LogP contribution in [0.5, 0.6) is 0 Å². The van der Waals surface area contributed by atoms with E-state index in [4.69, 9.17) is 0 Å². The highest BCUT2D eigenvalue weighted by molar-refractivity contribution is 14.0. The van der Waals surface area contributed by atoms with Crippen molar-refractivity contribution in [3.63, 3.8) is 0 Å². The van der Waals surface area contributed by atoms with Crippen molar-refractivity contribution in [2.75, 3.05) is 57.3 Å². The Kier molecular flexibility index (Phi) is 11.7. The number of rotatable bonds is 10. The van der Waals surface area contributed by atoms with Gasteiger partial charge >= 0.3 is 0 Å². The molecule has 1 aliphatic heterocycles. The Labute approximate surface area is 204 Å². The lowest BCUT2D eigenvalue weighted by atomic mass is 10.2. The molecule has 1 aliphatic rings. The van der Waals surface area contributed by atoms with E-state index < -0.39 is 0 Å². The van der Waals surface area contributed by atoms with Gasteiger partial charge < -0.3 is 15.5 Å². The number of anilines is 1. The number of nitrogens with zero attached hydrogens (tertiary/aromatic N) is 5. The molecule has 1 aromatic heterocycles. The van der Waals surface area contributed by atoms with Gasteiger partial charge in [0.1, 0.15) is 0 Å². The minimum Gasteiger partial charge on any atom is -0.369 e. The van der Waals surface area contributed by atoms with Crippen LogP contribution in [0.25, 0.3) is 0 Å². The van der Waals surface area contributed by atoms with E-state index in [-0.39, 0.29) is 24.0 Å². The predicted octanol–water partition coefficient (Wildman–Crippen LogP) is 2.97. The summed E-state index contributed by atoms with van der Waals surface area (Å²) in [5, 5.41) is 11.0. The highest BCUT2D eigenvalue weighted by atomic mass is 127. The molecule has 1 fully saturated rings. The summed E-state index contributed by atoms with van der Waals surface area (Å²) in [5.41, 5.74) is 2.69. The van der Waals surface area contributed by atoms with E-state index in [0.29, 0.717) is 0 Å². The molecule has 1 aromatic carbocycles. The number of hydrogen-bond donors (Lipinski definition) is 2. The first-order valence-electron chi connectivity index (χ1n) is 11.3. The van der Waals surface area contributed by atoms with Gasteiger partial charge in [-0.1, -0.05) is 12.1 Å². The molecular formula is C23H38IN7. The summed E-state index contributed by atoms with van der Waals surface area (Å²) >= 11 is 0. The molecule has 0 saturated carbocycles. The van der Waals surface area contributed by atoms with Crippen LogP contribution in [-0.2, 0) is 6.54 Å². The fraction of sp³-hybridized carbons (Fsp3) is 0.565. The zero-order valence-corrected chi connectivity index (χ0v) is 21.3. The first kappa shape index (κ1) is 25.5. The fourth-order valence-corrected chi connectivity index (χ4v) is 3.76. The quantitative estimate of drug-likeness (QED) is 0.211. The molecule has 0 bridgehead atoms. The molecular weight excluding hydrogens is 501 g/mol. The Balaban J connectivity index is 0.00000341. The Bertz CT molecular complexity index is 755. The lowest BCUT2D eigenvalue weighted by Gasteiger charge is -2.36. The highest BCUT2D eigenvalue weighted by Crippen LogP contribution is 2.17. The third kappa shape index (κ3) is 9.06. The number of aryl methyl sites for hydroxylation is 2. The second-order valence-electron chi connectivity index (χ2n) is 7.83. The van der Waals surface area contributed by atoms with Gasteiger partial charge in [-0.2, -0.15) is 5.10 Å². The molecule has 31 heavy (non-hydrogen) atoms. The number of aliphatic imine (C=N–C) groups is 1. The van der Waals surface area contributed by atoms with Gasteiger partial charge in [-0.05, 0) is 57.0 Å². The van der Waals surface area contributed by atoms with Crippen molar-refractivity contribution in [1.82, 2.24) is 25.3 Å². The van der Waals surface area contributed by atoms with Gasteiger partial charge in [0.2, 0.25) is 0 Å². The molecule has 3 rings (SSSR count). The zero-order valence-electron chi connectivity index (χ0n) is 19.0. The molecule has 2 N–H and O–H groups in total. The number of halogens is 1. The van der Waals surface area contributed by atoms with Crippen LogP contribution in [0.4, 0.5) is 5.69 Å².